The smallest absolute Gasteiger partial charge is 0.340 e. The molecule has 2 aliphatic rings. The quantitative estimate of drug-likeness (QED) is 0.538. The molecule has 0 unspecified atom stereocenters. The fraction of sp³-hybridized carbons (Fsp3) is 0.346. The van der Waals surface area contributed by atoms with Gasteiger partial charge in [0.25, 0.3) is 5.91 Å². The number of carbonyl (C=O) groups excluding carboxylic acids is 3. The van der Waals surface area contributed by atoms with E-state index in [1.807, 2.05) is 58.0 Å². The molecule has 1 aromatic heterocycles. The number of nitrogens with zero attached hydrogens (tertiary/aromatic N) is 2. The predicted molar refractivity (Wildman–Crippen MR) is 124 cm³/mol. The molecule has 0 radical (unpaired) electrons. The maximum atomic E-state index is 13.3. The average Bonchev–Trinajstić information content (AvgIpc) is 3.77. The van der Waals surface area contributed by atoms with Crippen LogP contribution in [-0.4, -0.2) is 46.4 Å². The number of amides is 2. The highest BCUT2D eigenvalue weighted by Gasteiger charge is 2.33. The number of hydrogen-bond donors (Lipinski definition) is 1. The summed E-state index contributed by atoms with van der Waals surface area (Å²) < 4.78 is 6.74. The molecule has 0 spiro atoms. The van der Waals surface area contributed by atoms with Crippen LogP contribution in [0.1, 0.15) is 52.0 Å². The van der Waals surface area contributed by atoms with Crippen molar-refractivity contribution in [1.82, 2.24) is 14.8 Å². The van der Waals surface area contributed by atoms with E-state index in [4.69, 9.17) is 4.74 Å². The van der Waals surface area contributed by atoms with Crippen molar-refractivity contribution < 1.29 is 19.1 Å². The minimum Gasteiger partial charge on any atom is -0.465 e. The molecule has 5 rings (SSSR count). The van der Waals surface area contributed by atoms with E-state index in [0.717, 1.165) is 42.1 Å². The highest BCUT2D eigenvalue weighted by Crippen LogP contribution is 2.30. The molecule has 170 valence electrons. The number of para-hydroxylation sites is 1. The molecule has 1 heterocycles. The second-order valence-electron chi connectivity index (χ2n) is 8.88. The summed E-state index contributed by atoms with van der Waals surface area (Å²) in [6.07, 6.45) is 5.80. The van der Waals surface area contributed by atoms with Crippen molar-refractivity contribution in [1.29, 1.82) is 0 Å². The summed E-state index contributed by atoms with van der Waals surface area (Å²) in [6.45, 7) is 0.646. The molecule has 2 saturated carbocycles. The summed E-state index contributed by atoms with van der Waals surface area (Å²) in [6, 6.07) is 15.6. The molecule has 0 saturated heterocycles. The van der Waals surface area contributed by atoms with Gasteiger partial charge in [0.05, 0.1) is 12.7 Å². The van der Waals surface area contributed by atoms with Crippen LogP contribution in [0.2, 0.25) is 0 Å². The Kier molecular flexibility index (Phi) is 5.62. The highest BCUT2D eigenvalue weighted by atomic mass is 16.5. The van der Waals surface area contributed by atoms with E-state index in [1.165, 1.54) is 7.11 Å². The number of hydrogen-bond acceptors (Lipinski definition) is 4. The molecule has 2 aromatic carbocycles. The first-order valence-corrected chi connectivity index (χ1v) is 11.4. The minimum atomic E-state index is -0.415. The van der Waals surface area contributed by atoms with Crippen LogP contribution >= 0.6 is 0 Å². The minimum absolute atomic E-state index is 0.00484. The van der Waals surface area contributed by atoms with Crippen molar-refractivity contribution in [3.8, 4) is 0 Å². The summed E-state index contributed by atoms with van der Waals surface area (Å²) >= 11 is 0. The molecule has 7 nitrogen and oxygen atoms in total. The van der Waals surface area contributed by atoms with Crippen molar-refractivity contribution in [3.63, 3.8) is 0 Å². The van der Waals surface area contributed by atoms with Crippen LogP contribution in [-0.2, 0) is 22.6 Å². The van der Waals surface area contributed by atoms with Gasteiger partial charge in [0.2, 0.25) is 5.91 Å². The van der Waals surface area contributed by atoms with Crippen LogP contribution in [0.3, 0.4) is 0 Å². The molecule has 33 heavy (non-hydrogen) atoms. The lowest BCUT2D eigenvalue weighted by Crippen LogP contribution is -2.35. The zero-order valence-corrected chi connectivity index (χ0v) is 18.6. The van der Waals surface area contributed by atoms with E-state index in [9.17, 15) is 14.4 Å². The lowest BCUT2D eigenvalue weighted by molar-refractivity contribution is -0.133. The third kappa shape index (κ3) is 4.62. The Balaban J connectivity index is 1.32. The molecule has 7 heteroatoms. The van der Waals surface area contributed by atoms with Crippen molar-refractivity contribution in [2.75, 3.05) is 7.11 Å². The molecule has 1 N–H and O–H groups in total. The van der Waals surface area contributed by atoms with Gasteiger partial charge in [0.1, 0.15) is 6.54 Å². The van der Waals surface area contributed by atoms with Gasteiger partial charge in [-0.2, -0.15) is 0 Å². The molecule has 0 bridgehead atoms. The van der Waals surface area contributed by atoms with Crippen molar-refractivity contribution in [3.05, 3.63) is 71.4 Å². The summed E-state index contributed by atoms with van der Waals surface area (Å²) in [7, 11) is 1.36. The van der Waals surface area contributed by atoms with Crippen LogP contribution < -0.4 is 5.32 Å². The van der Waals surface area contributed by atoms with Crippen molar-refractivity contribution in [2.24, 2.45) is 0 Å². The standard InChI is InChI=1S/C26H27N3O4/c1-33-26(32)22-15-28(23-5-3-2-4-21(22)23)16-24(30)29(20-12-13-20)14-17-6-8-18(9-7-17)25(31)27-19-10-11-19/h2-9,15,19-20H,10-14,16H2,1H3,(H,27,31). The summed E-state index contributed by atoms with van der Waals surface area (Å²) in [5.74, 6) is -0.451. The fourth-order valence-corrected chi connectivity index (χ4v) is 4.15. The largest absolute Gasteiger partial charge is 0.465 e. The van der Waals surface area contributed by atoms with Crippen LogP contribution in [0, 0.1) is 0 Å². The predicted octanol–water partition coefficient (Wildman–Crippen LogP) is 3.51. The van der Waals surface area contributed by atoms with E-state index in [0.29, 0.717) is 23.7 Å². The van der Waals surface area contributed by atoms with E-state index >= 15 is 0 Å². The van der Waals surface area contributed by atoms with E-state index < -0.39 is 5.97 Å². The van der Waals surface area contributed by atoms with Gasteiger partial charge in [0, 0.05) is 41.3 Å². The van der Waals surface area contributed by atoms with Gasteiger partial charge >= 0.3 is 5.97 Å². The molecular formula is C26H27N3O4. The lowest BCUT2D eigenvalue weighted by Gasteiger charge is -2.23. The van der Waals surface area contributed by atoms with Gasteiger partial charge in [-0.25, -0.2) is 4.79 Å². The Morgan fingerprint density at radius 1 is 1.03 bits per heavy atom. The van der Waals surface area contributed by atoms with Crippen LogP contribution in [0.15, 0.2) is 54.7 Å². The number of fused-ring (bicyclic) bond motifs is 1. The normalized spacial score (nSPS) is 15.3. The van der Waals surface area contributed by atoms with Crippen molar-refractivity contribution >= 4 is 28.7 Å². The van der Waals surface area contributed by atoms with Crippen LogP contribution in [0.25, 0.3) is 10.9 Å². The van der Waals surface area contributed by atoms with E-state index in [2.05, 4.69) is 5.32 Å². The second-order valence-corrected chi connectivity index (χ2v) is 8.88. The second kappa shape index (κ2) is 8.73. The van der Waals surface area contributed by atoms with Crippen molar-refractivity contribution in [2.45, 2.75) is 50.9 Å². The number of carbonyl (C=O) groups is 3. The molecule has 2 fully saturated rings. The first kappa shape index (κ1) is 21.2. The third-order valence-electron chi connectivity index (χ3n) is 6.29. The van der Waals surface area contributed by atoms with Gasteiger partial charge in [-0.15, -0.1) is 0 Å². The number of esters is 1. The fourth-order valence-electron chi connectivity index (χ4n) is 4.15. The van der Waals surface area contributed by atoms with Gasteiger partial charge in [-0.1, -0.05) is 30.3 Å². The lowest BCUT2D eigenvalue weighted by atomic mass is 10.1. The number of rotatable bonds is 8. The third-order valence-corrected chi connectivity index (χ3v) is 6.29. The highest BCUT2D eigenvalue weighted by molar-refractivity contribution is 6.04. The Labute approximate surface area is 192 Å². The molecule has 3 aromatic rings. The maximum Gasteiger partial charge on any atom is 0.340 e. The molecule has 2 aliphatic carbocycles. The van der Waals surface area contributed by atoms with Gasteiger partial charge in [-0.3, -0.25) is 9.59 Å². The Bertz CT molecular complexity index is 1210. The Morgan fingerprint density at radius 2 is 1.76 bits per heavy atom. The molecule has 2 amide bonds. The molecular weight excluding hydrogens is 418 g/mol. The summed E-state index contributed by atoms with van der Waals surface area (Å²) in [4.78, 5) is 39.7. The van der Waals surface area contributed by atoms with E-state index in [-0.39, 0.29) is 24.4 Å². The first-order chi connectivity index (χ1) is 16.0. The maximum absolute atomic E-state index is 13.3. The SMILES string of the molecule is COC(=O)c1cn(CC(=O)N(Cc2ccc(C(=O)NC3CC3)cc2)C2CC2)c2ccccc12. The zero-order valence-electron chi connectivity index (χ0n) is 18.6. The van der Waals surface area contributed by atoms with Crippen LogP contribution in [0.4, 0.5) is 0 Å². The monoisotopic (exact) mass is 445 g/mol. The number of benzene rings is 2. The Hall–Kier alpha value is -3.61. The zero-order chi connectivity index (χ0) is 22.9. The summed E-state index contributed by atoms with van der Waals surface area (Å²) in [5.41, 5.74) is 2.92. The molecule has 0 atom stereocenters. The first-order valence-electron chi connectivity index (χ1n) is 11.4. The van der Waals surface area contributed by atoms with Gasteiger partial charge < -0.3 is 19.5 Å². The van der Waals surface area contributed by atoms with Crippen LogP contribution in [0.5, 0.6) is 0 Å². The average molecular weight is 446 g/mol. The number of ether oxygens (including phenoxy) is 1. The number of aromatic nitrogens is 1. The number of nitrogens with one attached hydrogen (secondary N) is 1. The Morgan fingerprint density at radius 3 is 2.42 bits per heavy atom. The van der Waals surface area contributed by atoms with Gasteiger partial charge in [0.15, 0.2) is 0 Å². The van der Waals surface area contributed by atoms with E-state index in [1.54, 1.807) is 6.20 Å². The summed E-state index contributed by atoms with van der Waals surface area (Å²) in [5, 5.41) is 3.77. The topological polar surface area (TPSA) is 80.6 Å². The molecule has 0 aliphatic heterocycles. The van der Waals surface area contributed by atoms with Gasteiger partial charge in [-0.05, 0) is 49.4 Å². The number of methoxy groups -OCH3 is 1.